The zero-order valence-electron chi connectivity index (χ0n) is 13.8. The number of carbonyl (C=O) groups is 1. The van der Waals surface area contributed by atoms with Crippen LogP contribution in [0, 0.1) is 0 Å². The number of sulfonamides is 1. The molecule has 1 rings (SSSR count). The summed E-state index contributed by atoms with van der Waals surface area (Å²) in [5.41, 5.74) is 0.421. The van der Waals surface area contributed by atoms with Crippen LogP contribution in [0.3, 0.4) is 0 Å². The summed E-state index contributed by atoms with van der Waals surface area (Å²) >= 11 is 0. The molecule has 0 aliphatic heterocycles. The van der Waals surface area contributed by atoms with E-state index in [4.69, 9.17) is 5.14 Å². The highest BCUT2D eigenvalue weighted by Crippen LogP contribution is 2.08. The Morgan fingerprint density at radius 2 is 1.83 bits per heavy atom. The molecule has 130 valence electrons. The van der Waals surface area contributed by atoms with Crippen molar-refractivity contribution >= 4 is 15.9 Å². The van der Waals surface area contributed by atoms with Crippen LogP contribution in [0.2, 0.25) is 0 Å². The van der Waals surface area contributed by atoms with Gasteiger partial charge in [-0.2, -0.15) is 0 Å². The van der Waals surface area contributed by atoms with Crippen LogP contribution in [0.1, 0.15) is 49.9 Å². The van der Waals surface area contributed by atoms with Gasteiger partial charge in [-0.3, -0.25) is 4.79 Å². The number of primary sulfonamides is 1. The number of hydrogen-bond donors (Lipinski definition) is 3. The highest BCUT2D eigenvalue weighted by atomic mass is 32.2. The Labute approximate surface area is 138 Å². The lowest BCUT2D eigenvalue weighted by Gasteiger charge is -2.17. The molecule has 0 aliphatic rings. The number of rotatable bonds is 10. The van der Waals surface area contributed by atoms with Crippen LogP contribution in [-0.4, -0.2) is 33.5 Å². The molecule has 0 radical (unpaired) electrons. The number of carbonyl (C=O) groups excluding carboxylic acids is 1. The molecule has 1 atom stereocenters. The summed E-state index contributed by atoms with van der Waals surface area (Å²) < 4.78 is 22.3. The first-order chi connectivity index (χ1) is 10.9. The summed E-state index contributed by atoms with van der Waals surface area (Å²) in [5, 5.41) is 11.4. The second-order valence-corrected chi connectivity index (χ2v) is 7.09. The molecule has 0 aromatic heterocycles. The average Bonchev–Trinajstić information content (AvgIpc) is 2.52. The van der Waals surface area contributed by atoms with E-state index in [1.165, 1.54) is 24.3 Å². The van der Waals surface area contributed by atoms with Crippen LogP contribution >= 0.6 is 0 Å². The third-order valence-corrected chi connectivity index (χ3v) is 4.61. The van der Waals surface area contributed by atoms with Crippen LogP contribution in [0.4, 0.5) is 0 Å². The van der Waals surface area contributed by atoms with Crippen LogP contribution < -0.4 is 15.8 Å². The second-order valence-electron chi connectivity index (χ2n) is 5.53. The minimum absolute atomic E-state index is 0.000205. The highest BCUT2D eigenvalue weighted by Gasteiger charge is 2.11. The van der Waals surface area contributed by atoms with Gasteiger partial charge in [0.1, 0.15) is 0 Å². The Kier molecular flexibility index (Phi) is 8.22. The molecule has 7 heteroatoms. The third kappa shape index (κ3) is 7.11. The topological polar surface area (TPSA) is 101 Å². The first kappa shape index (κ1) is 19.6. The van der Waals surface area contributed by atoms with Crippen LogP contribution in [0.15, 0.2) is 29.2 Å². The van der Waals surface area contributed by atoms with Gasteiger partial charge in [-0.25, -0.2) is 13.6 Å². The van der Waals surface area contributed by atoms with Crippen LogP contribution in [-0.2, 0) is 10.0 Å². The van der Waals surface area contributed by atoms with Gasteiger partial charge in [0.05, 0.1) is 4.90 Å². The van der Waals surface area contributed by atoms with E-state index in [1.54, 1.807) is 0 Å². The fourth-order valence-corrected chi connectivity index (χ4v) is 2.71. The summed E-state index contributed by atoms with van der Waals surface area (Å²) in [5.74, 6) is -0.214. The number of benzene rings is 1. The summed E-state index contributed by atoms with van der Waals surface area (Å²) in [6.07, 6.45) is 4.19. The number of amides is 1. The third-order valence-electron chi connectivity index (χ3n) is 3.68. The van der Waals surface area contributed by atoms with E-state index in [9.17, 15) is 13.2 Å². The first-order valence-electron chi connectivity index (χ1n) is 8.03. The van der Waals surface area contributed by atoms with E-state index in [-0.39, 0.29) is 10.8 Å². The van der Waals surface area contributed by atoms with Crippen LogP contribution in [0.5, 0.6) is 0 Å². The summed E-state index contributed by atoms with van der Waals surface area (Å²) in [6.45, 7) is 5.85. The van der Waals surface area contributed by atoms with Gasteiger partial charge in [-0.05, 0) is 50.1 Å². The smallest absolute Gasteiger partial charge is 0.251 e. The highest BCUT2D eigenvalue weighted by molar-refractivity contribution is 7.89. The number of unbranched alkanes of at least 4 members (excludes halogenated alkanes) is 1. The number of hydrogen-bond acceptors (Lipinski definition) is 4. The Hall–Kier alpha value is -1.44. The maximum Gasteiger partial charge on any atom is 0.251 e. The monoisotopic (exact) mass is 341 g/mol. The van der Waals surface area contributed by atoms with Gasteiger partial charge in [0, 0.05) is 18.2 Å². The Balaban J connectivity index is 2.44. The molecule has 0 aliphatic carbocycles. The molecular formula is C16H27N3O3S. The summed E-state index contributed by atoms with van der Waals surface area (Å²) in [7, 11) is -3.73. The lowest BCUT2D eigenvalue weighted by molar-refractivity contribution is 0.0952. The number of nitrogens with one attached hydrogen (secondary N) is 2. The molecule has 23 heavy (non-hydrogen) atoms. The molecule has 0 saturated heterocycles. The SMILES string of the molecule is CCCCNC(CC)CCNC(=O)c1ccc(S(N)(=O)=O)cc1. The minimum Gasteiger partial charge on any atom is -0.352 e. The Morgan fingerprint density at radius 3 is 2.35 bits per heavy atom. The number of nitrogens with two attached hydrogens (primary N) is 1. The fourth-order valence-electron chi connectivity index (χ4n) is 2.19. The van der Waals surface area contributed by atoms with Crippen molar-refractivity contribution in [1.29, 1.82) is 0 Å². The zero-order chi connectivity index (χ0) is 17.3. The van der Waals surface area contributed by atoms with Crippen molar-refractivity contribution in [2.24, 2.45) is 5.14 Å². The summed E-state index contributed by atoms with van der Waals surface area (Å²) in [6, 6.07) is 6.00. The van der Waals surface area contributed by atoms with Gasteiger partial charge in [-0.15, -0.1) is 0 Å². The van der Waals surface area contributed by atoms with Crippen molar-refractivity contribution in [1.82, 2.24) is 10.6 Å². The van der Waals surface area contributed by atoms with Crippen LogP contribution in [0.25, 0.3) is 0 Å². The van der Waals surface area contributed by atoms with Crippen molar-refractivity contribution in [2.75, 3.05) is 13.1 Å². The largest absolute Gasteiger partial charge is 0.352 e. The fraction of sp³-hybridized carbons (Fsp3) is 0.562. The lowest BCUT2D eigenvalue weighted by atomic mass is 10.1. The van der Waals surface area contributed by atoms with E-state index in [0.29, 0.717) is 18.2 Å². The standard InChI is InChI=1S/C16H27N3O3S/c1-3-5-11-18-14(4-2)10-12-19-16(20)13-6-8-15(9-7-13)23(17,21)22/h6-9,14,18H,3-5,10-12H2,1-2H3,(H,19,20)(H2,17,21,22). The van der Waals surface area contributed by atoms with Crippen molar-refractivity contribution in [3.8, 4) is 0 Å². The molecule has 0 bridgehead atoms. The molecule has 1 aromatic rings. The minimum atomic E-state index is -3.73. The van der Waals surface area contributed by atoms with E-state index < -0.39 is 10.0 Å². The quantitative estimate of drug-likeness (QED) is 0.563. The van der Waals surface area contributed by atoms with E-state index in [1.807, 2.05) is 0 Å². The maximum atomic E-state index is 12.0. The molecule has 0 spiro atoms. The van der Waals surface area contributed by atoms with Gasteiger partial charge in [0.15, 0.2) is 0 Å². The Morgan fingerprint density at radius 1 is 1.17 bits per heavy atom. The molecule has 0 heterocycles. The van der Waals surface area contributed by atoms with E-state index in [0.717, 1.165) is 32.2 Å². The van der Waals surface area contributed by atoms with Gasteiger partial charge in [0.2, 0.25) is 10.0 Å². The molecule has 0 fully saturated rings. The predicted octanol–water partition coefficient (Wildman–Crippen LogP) is 1.62. The van der Waals surface area contributed by atoms with Crippen molar-refractivity contribution in [3.63, 3.8) is 0 Å². The molecule has 0 saturated carbocycles. The average molecular weight is 341 g/mol. The van der Waals surface area contributed by atoms with Gasteiger partial charge in [0.25, 0.3) is 5.91 Å². The molecular weight excluding hydrogens is 314 g/mol. The zero-order valence-corrected chi connectivity index (χ0v) is 14.7. The summed E-state index contributed by atoms with van der Waals surface area (Å²) in [4.78, 5) is 12.0. The van der Waals surface area contributed by atoms with Crippen molar-refractivity contribution < 1.29 is 13.2 Å². The predicted molar refractivity (Wildman–Crippen MR) is 91.8 cm³/mol. The van der Waals surface area contributed by atoms with Crippen molar-refractivity contribution in [3.05, 3.63) is 29.8 Å². The van der Waals surface area contributed by atoms with Gasteiger partial charge < -0.3 is 10.6 Å². The molecule has 1 unspecified atom stereocenters. The van der Waals surface area contributed by atoms with Gasteiger partial charge >= 0.3 is 0 Å². The molecule has 1 aromatic carbocycles. The Bertz CT molecular complexity index is 585. The van der Waals surface area contributed by atoms with Crippen molar-refractivity contribution in [2.45, 2.75) is 50.5 Å². The second kappa shape index (κ2) is 9.64. The lowest BCUT2D eigenvalue weighted by Crippen LogP contribution is -2.34. The molecule has 6 nitrogen and oxygen atoms in total. The normalized spacial score (nSPS) is 12.8. The molecule has 4 N–H and O–H groups in total. The van der Waals surface area contributed by atoms with E-state index in [2.05, 4.69) is 24.5 Å². The van der Waals surface area contributed by atoms with E-state index >= 15 is 0 Å². The van der Waals surface area contributed by atoms with Gasteiger partial charge in [-0.1, -0.05) is 20.3 Å². The first-order valence-corrected chi connectivity index (χ1v) is 9.57. The maximum absolute atomic E-state index is 12.0. The molecule has 1 amide bonds.